The third-order valence-corrected chi connectivity index (χ3v) is 6.67. The molecule has 0 unspecified atom stereocenters. The highest BCUT2D eigenvalue weighted by Gasteiger charge is 2.24. The molecule has 0 atom stereocenters. The van der Waals surface area contributed by atoms with E-state index in [1.807, 2.05) is 6.20 Å². The standard InChI is InChI=1S/C20H27NSi/c1-22(2,3)20-15-21-19(17-11-5-4-6-12-17)14-18(20)13-16-9-7-8-10-16/h4-6,11-12,14-16H,7-10,13H2,1-3H3/i4D,5D,6D,11D. The lowest BCUT2D eigenvalue weighted by atomic mass is 9.97. The number of pyridine rings is 1. The third-order valence-electron chi connectivity index (χ3n) is 4.61. The van der Waals surface area contributed by atoms with Crippen molar-refractivity contribution in [3.8, 4) is 11.3 Å². The third kappa shape index (κ3) is 3.49. The predicted molar refractivity (Wildman–Crippen MR) is 98.3 cm³/mol. The number of rotatable bonds is 4. The first-order valence-electron chi connectivity index (χ1n) is 10.3. The molecule has 22 heavy (non-hydrogen) atoms. The highest BCUT2D eigenvalue weighted by molar-refractivity contribution is 6.89. The highest BCUT2D eigenvalue weighted by atomic mass is 28.3. The van der Waals surface area contributed by atoms with Crippen molar-refractivity contribution in [2.24, 2.45) is 5.92 Å². The van der Waals surface area contributed by atoms with Gasteiger partial charge in [0.25, 0.3) is 0 Å². The van der Waals surface area contributed by atoms with E-state index < -0.39 is 8.07 Å². The lowest BCUT2D eigenvalue weighted by Gasteiger charge is -2.23. The largest absolute Gasteiger partial charge is 0.256 e. The maximum atomic E-state index is 8.22. The molecule has 0 bridgehead atoms. The summed E-state index contributed by atoms with van der Waals surface area (Å²) in [5, 5.41) is 1.37. The van der Waals surface area contributed by atoms with Gasteiger partial charge in [-0.05, 0) is 29.2 Å². The molecular weight excluding hydrogens is 282 g/mol. The Morgan fingerprint density at radius 1 is 1.18 bits per heavy atom. The van der Waals surface area contributed by atoms with Crippen molar-refractivity contribution in [2.75, 3.05) is 0 Å². The van der Waals surface area contributed by atoms with Crippen molar-refractivity contribution in [3.63, 3.8) is 0 Å². The van der Waals surface area contributed by atoms with Crippen LogP contribution in [0.15, 0.2) is 42.5 Å². The minimum Gasteiger partial charge on any atom is -0.256 e. The minimum atomic E-state index is -1.53. The number of hydrogen-bond donors (Lipinski definition) is 0. The zero-order valence-corrected chi connectivity index (χ0v) is 14.8. The lowest BCUT2D eigenvalue weighted by Crippen LogP contribution is -2.41. The van der Waals surface area contributed by atoms with E-state index in [0.29, 0.717) is 11.3 Å². The number of nitrogens with zero attached hydrogens (tertiary/aromatic N) is 1. The molecule has 3 rings (SSSR count). The fourth-order valence-corrected chi connectivity index (χ4v) is 5.02. The average molecular weight is 314 g/mol. The van der Waals surface area contributed by atoms with Gasteiger partial charge in [0.2, 0.25) is 0 Å². The quantitative estimate of drug-likeness (QED) is 0.722. The molecule has 1 nitrogen and oxygen atoms in total. The molecule has 1 aromatic carbocycles. The summed E-state index contributed by atoms with van der Waals surface area (Å²) in [6, 6.07) is 3.19. The number of aromatic nitrogens is 1. The van der Waals surface area contributed by atoms with Crippen LogP contribution < -0.4 is 5.19 Å². The fraction of sp³-hybridized carbons (Fsp3) is 0.450. The summed E-state index contributed by atoms with van der Waals surface area (Å²) in [7, 11) is -1.53. The molecule has 1 heterocycles. The molecule has 0 N–H and O–H groups in total. The first-order valence-corrected chi connectivity index (χ1v) is 11.8. The van der Waals surface area contributed by atoms with Crippen LogP contribution in [0, 0.1) is 5.92 Å². The Morgan fingerprint density at radius 2 is 1.95 bits per heavy atom. The fourth-order valence-electron chi connectivity index (χ4n) is 3.43. The molecule has 0 amide bonds. The zero-order valence-electron chi connectivity index (χ0n) is 17.8. The van der Waals surface area contributed by atoms with Gasteiger partial charge in [-0.3, -0.25) is 4.98 Å². The Bertz CT molecular complexity index is 824. The predicted octanol–water partition coefficient (Wildman–Crippen LogP) is 5.03. The van der Waals surface area contributed by atoms with Crippen LogP contribution >= 0.6 is 0 Å². The van der Waals surface area contributed by atoms with Crippen LogP contribution in [-0.4, -0.2) is 13.1 Å². The summed E-state index contributed by atoms with van der Waals surface area (Å²) < 4.78 is 31.8. The molecule has 0 saturated heterocycles. The Hall–Kier alpha value is -1.41. The smallest absolute Gasteiger partial charge is 0.0799 e. The van der Waals surface area contributed by atoms with E-state index in [9.17, 15) is 0 Å². The Balaban J connectivity index is 2.09. The first-order chi connectivity index (χ1) is 12.2. The van der Waals surface area contributed by atoms with Gasteiger partial charge in [0.1, 0.15) is 0 Å². The number of benzene rings is 1. The van der Waals surface area contributed by atoms with Crippen molar-refractivity contribution < 1.29 is 5.48 Å². The van der Waals surface area contributed by atoms with Gasteiger partial charge in [-0.25, -0.2) is 0 Å². The Morgan fingerprint density at radius 3 is 2.68 bits per heavy atom. The average Bonchev–Trinajstić information content (AvgIpc) is 3.08. The van der Waals surface area contributed by atoms with Gasteiger partial charge in [0, 0.05) is 11.8 Å². The van der Waals surface area contributed by atoms with Gasteiger partial charge in [-0.2, -0.15) is 0 Å². The van der Waals surface area contributed by atoms with Gasteiger partial charge >= 0.3 is 0 Å². The van der Waals surface area contributed by atoms with Crippen LogP contribution in [-0.2, 0) is 6.42 Å². The zero-order chi connectivity index (χ0) is 19.1. The number of hydrogen-bond acceptors (Lipinski definition) is 1. The van der Waals surface area contributed by atoms with E-state index in [4.69, 9.17) is 5.48 Å². The summed E-state index contributed by atoms with van der Waals surface area (Å²) in [6.45, 7) is 6.99. The second-order valence-electron chi connectivity index (χ2n) is 7.41. The van der Waals surface area contributed by atoms with Crippen molar-refractivity contribution in [1.82, 2.24) is 4.98 Å². The van der Waals surface area contributed by atoms with E-state index in [1.54, 1.807) is 0 Å². The van der Waals surface area contributed by atoms with Crippen LogP contribution in [0.2, 0.25) is 19.6 Å². The van der Waals surface area contributed by atoms with E-state index in [2.05, 4.69) is 30.7 Å². The molecule has 0 radical (unpaired) electrons. The Kier molecular flexibility index (Phi) is 3.24. The van der Waals surface area contributed by atoms with Crippen molar-refractivity contribution >= 4 is 13.3 Å². The van der Waals surface area contributed by atoms with Gasteiger partial charge in [-0.15, -0.1) is 0 Å². The van der Waals surface area contributed by atoms with Gasteiger partial charge in [0.05, 0.1) is 19.3 Å². The molecule has 1 aromatic heterocycles. The Labute approximate surface area is 141 Å². The second-order valence-corrected chi connectivity index (χ2v) is 12.4. The summed E-state index contributed by atoms with van der Waals surface area (Å²) in [6.07, 6.45) is 8.23. The topological polar surface area (TPSA) is 12.9 Å². The molecule has 2 heteroatoms. The normalized spacial score (nSPS) is 18.7. The van der Waals surface area contributed by atoms with Gasteiger partial charge in [0.15, 0.2) is 0 Å². The van der Waals surface area contributed by atoms with Crippen molar-refractivity contribution in [3.05, 3.63) is 48.1 Å². The molecule has 1 fully saturated rings. The molecule has 1 aliphatic rings. The first kappa shape index (κ1) is 11.2. The molecule has 1 aliphatic carbocycles. The van der Waals surface area contributed by atoms with Crippen molar-refractivity contribution in [1.29, 1.82) is 0 Å². The maximum absolute atomic E-state index is 8.22. The second kappa shape index (κ2) is 6.37. The van der Waals surface area contributed by atoms with Crippen LogP contribution in [0.25, 0.3) is 11.3 Å². The van der Waals surface area contributed by atoms with E-state index in [0.717, 1.165) is 12.3 Å². The maximum Gasteiger partial charge on any atom is 0.0799 e. The lowest BCUT2D eigenvalue weighted by molar-refractivity contribution is 0.547. The van der Waals surface area contributed by atoms with E-state index >= 15 is 0 Å². The molecular formula is C20H27NSi. The summed E-state index contributed by atoms with van der Waals surface area (Å²) in [5.74, 6) is 0.727. The SMILES string of the molecule is [2H]c1cc(-c2cc(CC3CCCC3)c([Si](C)(C)C)cn2)c([2H])c([2H])c1[2H]. The van der Waals surface area contributed by atoms with Crippen LogP contribution in [0.4, 0.5) is 0 Å². The molecule has 116 valence electrons. The molecule has 0 spiro atoms. The van der Waals surface area contributed by atoms with E-state index in [-0.39, 0.29) is 24.2 Å². The molecule has 1 saturated carbocycles. The monoisotopic (exact) mass is 313 g/mol. The highest BCUT2D eigenvalue weighted by Crippen LogP contribution is 2.29. The summed E-state index contributed by atoms with van der Waals surface area (Å²) in [5.41, 5.74) is 2.48. The summed E-state index contributed by atoms with van der Waals surface area (Å²) >= 11 is 0. The minimum absolute atomic E-state index is 0.00827. The summed E-state index contributed by atoms with van der Waals surface area (Å²) in [4.78, 5) is 4.61. The van der Waals surface area contributed by atoms with Crippen LogP contribution in [0.3, 0.4) is 0 Å². The van der Waals surface area contributed by atoms with Crippen LogP contribution in [0.1, 0.15) is 36.7 Å². The molecule has 0 aliphatic heterocycles. The van der Waals surface area contributed by atoms with Crippen LogP contribution in [0.5, 0.6) is 0 Å². The van der Waals surface area contributed by atoms with E-state index in [1.165, 1.54) is 42.5 Å². The van der Waals surface area contributed by atoms with Crippen molar-refractivity contribution in [2.45, 2.75) is 51.7 Å². The van der Waals surface area contributed by atoms with Gasteiger partial charge < -0.3 is 0 Å². The molecule has 2 aromatic rings. The van der Waals surface area contributed by atoms with Gasteiger partial charge in [-0.1, -0.05) is 75.6 Å².